The van der Waals surface area contributed by atoms with Crippen LogP contribution in [0.15, 0.2) is 42.6 Å². The molecule has 0 saturated heterocycles. The normalized spacial score (nSPS) is 14.1. The summed E-state index contributed by atoms with van der Waals surface area (Å²) < 4.78 is 2.05. The van der Waals surface area contributed by atoms with Gasteiger partial charge in [0.15, 0.2) is 0 Å². The Morgan fingerprint density at radius 2 is 2.11 bits per heavy atom. The zero-order valence-electron chi connectivity index (χ0n) is 15.5. The summed E-state index contributed by atoms with van der Waals surface area (Å²) in [6.45, 7) is 5.82. The molecule has 0 saturated carbocycles. The smallest absolute Gasteiger partial charge is 0.220 e. The van der Waals surface area contributed by atoms with Crippen molar-refractivity contribution in [1.82, 2.24) is 30.2 Å². The lowest BCUT2D eigenvalue weighted by Gasteiger charge is -2.27. The molecule has 7 heteroatoms. The van der Waals surface area contributed by atoms with E-state index in [0.29, 0.717) is 13.0 Å². The van der Waals surface area contributed by atoms with Crippen LogP contribution in [0.2, 0.25) is 0 Å². The van der Waals surface area contributed by atoms with Crippen molar-refractivity contribution < 1.29 is 4.79 Å². The highest BCUT2D eigenvalue weighted by molar-refractivity contribution is 5.75. The van der Waals surface area contributed by atoms with Crippen LogP contribution in [-0.4, -0.2) is 37.3 Å². The van der Waals surface area contributed by atoms with Gasteiger partial charge in [0.2, 0.25) is 5.91 Å². The molecule has 0 bridgehead atoms. The Hall–Kier alpha value is -2.93. The molecule has 0 radical (unpaired) electrons. The Kier molecular flexibility index (Phi) is 5.02. The molecule has 1 aromatic carbocycles. The van der Waals surface area contributed by atoms with Crippen molar-refractivity contribution in [2.45, 2.75) is 39.5 Å². The lowest BCUT2D eigenvalue weighted by atomic mass is 10.1. The lowest BCUT2D eigenvalue weighted by molar-refractivity contribution is -0.120. The van der Waals surface area contributed by atoms with E-state index in [1.165, 1.54) is 11.3 Å². The molecule has 3 heterocycles. The average molecular weight is 364 g/mol. The lowest BCUT2D eigenvalue weighted by Crippen LogP contribution is -2.33. The van der Waals surface area contributed by atoms with Gasteiger partial charge in [0.05, 0.1) is 36.4 Å². The Morgan fingerprint density at radius 1 is 1.26 bits per heavy atom. The third kappa shape index (κ3) is 3.93. The second-order valence-corrected chi connectivity index (χ2v) is 6.83. The van der Waals surface area contributed by atoms with Gasteiger partial charge >= 0.3 is 0 Å². The van der Waals surface area contributed by atoms with Crippen LogP contribution in [0.3, 0.4) is 0 Å². The largest absolute Gasteiger partial charge is 0.350 e. The van der Waals surface area contributed by atoms with Crippen LogP contribution in [0.1, 0.15) is 30.3 Å². The summed E-state index contributed by atoms with van der Waals surface area (Å²) in [6.07, 6.45) is 2.41. The third-order valence-electron chi connectivity index (χ3n) is 4.89. The number of fused-ring (bicyclic) bond motifs is 1. The fourth-order valence-electron chi connectivity index (χ4n) is 3.44. The SMILES string of the molecule is CCC(=O)NCc1cc2n(n1)CCN(Cc1cn[nH]c1-c1ccccc1)C2. The number of aromatic amines is 1. The van der Waals surface area contributed by atoms with Gasteiger partial charge in [-0.15, -0.1) is 0 Å². The maximum absolute atomic E-state index is 11.4. The quantitative estimate of drug-likeness (QED) is 0.704. The molecule has 3 aromatic rings. The summed E-state index contributed by atoms with van der Waals surface area (Å²) in [7, 11) is 0. The number of nitrogens with one attached hydrogen (secondary N) is 2. The molecule has 1 aliphatic heterocycles. The molecule has 0 atom stereocenters. The van der Waals surface area contributed by atoms with Crippen LogP contribution >= 0.6 is 0 Å². The van der Waals surface area contributed by atoms with E-state index in [2.05, 4.69) is 48.4 Å². The van der Waals surface area contributed by atoms with Gasteiger partial charge in [-0.05, 0) is 11.6 Å². The molecule has 4 rings (SSSR count). The summed E-state index contributed by atoms with van der Waals surface area (Å²) in [5.41, 5.74) is 5.54. The highest BCUT2D eigenvalue weighted by atomic mass is 16.1. The van der Waals surface area contributed by atoms with E-state index in [1.54, 1.807) is 0 Å². The molecule has 0 unspecified atom stereocenters. The van der Waals surface area contributed by atoms with Gasteiger partial charge < -0.3 is 5.32 Å². The predicted octanol–water partition coefficient (Wildman–Crippen LogP) is 2.32. The zero-order valence-corrected chi connectivity index (χ0v) is 15.5. The molecule has 1 aliphatic rings. The minimum absolute atomic E-state index is 0.0518. The Bertz CT molecular complexity index is 914. The van der Waals surface area contributed by atoms with Gasteiger partial charge in [-0.2, -0.15) is 10.2 Å². The first kappa shape index (κ1) is 17.5. The van der Waals surface area contributed by atoms with Gasteiger partial charge in [0, 0.05) is 31.6 Å². The number of rotatable bonds is 6. The van der Waals surface area contributed by atoms with Crippen molar-refractivity contribution in [2.75, 3.05) is 6.54 Å². The number of H-pyrrole nitrogens is 1. The summed E-state index contributed by atoms with van der Waals surface area (Å²) in [5.74, 6) is 0.0518. The molecule has 0 fully saturated rings. The van der Waals surface area contributed by atoms with Crippen LogP contribution in [0.4, 0.5) is 0 Å². The number of nitrogens with zero attached hydrogens (tertiary/aromatic N) is 4. The molecule has 1 amide bonds. The number of aromatic nitrogens is 4. The van der Waals surface area contributed by atoms with E-state index in [1.807, 2.05) is 31.3 Å². The summed E-state index contributed by atoms with van der Waals surface area (Å²) in [4.78, 5) is 13.8. The van der Waals surface area contributed by atoms with Gasteiger partial charge in [-0.3, -0.25) is 19.5 Å². The maximum Gasteiger partial charge on any atom is 0.220 e. The Morgan fingerprint density at radius 3 is 2.93 bits per heavy atom. The van der Waals surface area contributed by atoms with E-state index >= 15 is 0 Å². The molecule has 27 heavy (non-hydrogen) atoms. The first-order valence-corrected chi connectivity index (χ1v) is 9.35. The van der Waals surface area contributed by atoms with E-state index < -0.39 is 0 Å². The minimum atomic E-state index is 0.0518. The fraction of sp³-hybridized carbons (Fsp3) is 0.350. The van der Waals surface area contributed by atoms with Crippen molar-refractivity contribution >= 4 is 5.91 Å². The molecule has 140 valence electrons. The van der Waals surface area contributed by atoms with E-state index in [4.69, 9.17) is 0 Å². The van der Waals surface area contributed by atoms with Crippen LogP contribution in [0.25, 0.3) is 11.3 Å². The zero-order chi connectivity index (χ0) is 18.6. The van der Waals surface area contributed by atoms with Crippen molar-refractivity contribution in [3.05, 3.63) is 59.5 Å². The van der Waals surface area contributed by atoms with Crippen LogP contribution < -0.4 is 5.32 Å². The molecule has 2 aromatic heterocycles. The molecular formula is C20H24N6O. The van der Waals surface area contributed by atoms with Gasteiger partial charge in [0.1, 0.15) is 0 Å². The number of carbonyl (C=O) groups excluding carboxylic acids is 1. The number of benzene rings is 1. The first-order valence-electron chi connectivity index (χ1n) is 9.35. The highest BCUT2D eigenvalue weighted by Gasteiger charge is 2.20. The van der Waals surface area contributed by atoms with Crippen molar-refractivity contribution in [3.8, 4) is 11.3 Å². The van der Waals surface area contributed by atoms with Crippen molar-refractivity contribution in [2.24, 2.45) is 0 Å². The molecule has 7 nitrogen and oxygen atoms in total. The highest BCUT2D eigenvalue weighted by Crippen LogP contribution is 2.23. The number of hydrogen-bond donors (Lipinski definition) is 2. The second-order valence-electron chi connectivity index (χ2n) is 6.83. The monoisotopic (exact) mass is 364 g/mol. The Balaban J connectivity index is 1.43. The Labute approximate surface area is 158 Å². The summed E-state index contributed by atoms with van der Waals surface area (Å²) >= 11 is 0. The van der Waals surface area contributed by atoms with E-state index in [-0.39, 0.29) is 5.91 Å². The van der Waals surface area contributed by atoms with Gasteiger partial charge in [0.25, 0.3) is 0 Å². The minimum Gasteiger partial charge on any atom is -0.350 e. The summed E-state index contributed by atoms with van der Waals surface area (Å²) in [5, 5.41) is 14.9. The van der Waals surface area contributed by atoms with Gasteiger partial charge in [-0.25, -0.2) is 0 Å². The summed E-state index contributed by atoms with van der Waals surface area (Å²) in [6, 6.07) is 12.4. The van der Waals surface area contributed by atoms with Crippen LogP contribution in [-0.2, 0) is 31.0 Å². The standard InChI is InChI=1S/C20H24N6O/c1-2-19(27)21-12-17-10-18-14-25(8-9-26(18)24-17)13-16-11-22-23-20(16)15-6-4-3-5-7-15/h3-7,10-11H,2,8-9,12-14H2,1H3,(H,21,27)(H,22,23). The van der Waals surface area contributed by atoms with Crippen LogP contribution in [0, 0.1) is 0 Å². The maximum atomic E-state index is 11.4. The number of carbonyl (C=O) groups is 1. The number of amides is 1. The third-order valence-corrected chi connectivity index (χ3v) is 4.89. The molecule has 2 N–H and O–H groups in total. The van der Waals surface area contributed by atoms with Crippen molar-refractivity contribution in [3.63, 3.8) is 0 Å². The van der Waals surface area contributed by atoms with E-state index in [9.17, 15) is 4.79 Å². The van der Waals surface area contributed by atoms with E-state index in [0.717, 1.165) is 43.1 Å². The molecular weight excluding hydrogens is 340 g/mol. The van der Waals surface area contributed by atoms with Crippen LogP contribution in [0.5, 0.6) is 0 Å². The molecule has 0 aliphatic carbocycles. The second kappa shape index (κ2) is 7.75. The van der Waals surface area contributed by atoms with Gasteiger partial charge in [-0.1, -0.05) is 37.3 Å². The first-order chi connectivity index (χ1) is 13.2. The average Bonchev–Trinajstić information content (AvgIpc) is 3.33. The topological polar surface area (TPSA) is 78.8 Å². The van der Waals surface area contributed by atoms with Crippen molar-refractivity contribution in [1.29, 1.82) is 0 Å². The predicted molar refractivity (Wildman–Crippen MR) is 103 cm³/mol. The molecule has 0 spiro atoms. The fourth-order valence-corrected chi connectivity index (χ4v) is 3.44. The number of hydrogen-bond acceptors (Lipinski definition) is 4.